The number of methoxy groups -OCH3 is 1. The lowest BCUT2D eigenvalue weighted by Gasteiger charge is -2.13. The molecule has 0 amide bonds. The summed E-state index contributed by atoms with van der Waals surface area (Å²) in [5.74, 6) is 0.450. The number of esters is 1. The molecule has 1 fully saturated rings. The second-order valence-corrected chi connectivity index (χ2v) is 5.01. The third-order valence-corrected chi connectivity index (χ3v) is 3.74. The van der Waals surface area contributed by atoms with Crippen LogP contribution in [0.4, 0.5) is 0 Å². The van der Waals surface area contributed by atoms with Crippen LogP contribution in [0.25, 0.3) is 5.65 Å². The first-order valence-corrected chi connectivity index (χ1v) is 6.93. The number of hydrogen-bond acceptors (Lipinski definition) is 5. The van der Waals surface area contributed by atoms with Crippen LogP contribution >= 0.6 is 0 Å². The number of carbonyl (C=O) groups is 1. The van der Waals surface area contributed by atoms with Gasteiger partial charge in [-0.25, -0.2) is 4.79 Å². The van der Waals surface area contributed by atoms with Gasteiger partial charge in [0.15, 0.2) is 5.65 Å². The maximum atomic E-state index is 11.8. The molecule has 0 radical (unpaired) electrons. The van der Waals surface area contributed by atoms with E-state index in [1.807, 2.05) is 6.07 Å². The molecular weight excluding hydrogens is 256 g/mol. The third kappa shape index (κ3) is 2.38. The van der Waals surface area contributed by atoms with Crippen LogP contribution in [-0.2, 0) is 11.2 Å². The lowest BCUT2D eigenvalue weighted by atomic mass is 10.3. The van der Waals surface area contributed by atoms with E-state index in [1.165, 1.54) is 20.0 Å². The fraction of sp³-hybridized carbons (Fsp3) is 0.500. The Kier molecular flexibility index (Phi) is 3.64. The van der Waals surface area contributed by atoms with Crippen LogP contribution in [0.15, 0.2) is 18.2 Å². The van der Waals surface area contributed by atoms with Crippen LogP contribution in [0, 0.1) is 0 Å². The zero-order chi connectivity index (χ0) is 13.9. The quantitative estimate of drug-likeness (QED) is 0.783. The number of ether oxygens (including phenoxy) is 1. The van der Waals surface area contributed by atoms with E-state index in [2.05, 4.69) is 15.1 Å². The van der Waals surface area contributed by atoms with Gasteiger partial charge in [-0.15, -0.1) is 10.2 Å². The Bertz CT molecular complexity index is 617. The average Bonchev–Trinajstić information content (AvgIpc) is 3.13. The number of fused-ring (bicyclic) bond motifs is 1. The number of aromatic nitrogens is 3. The van der Waals surface area contributed by atoms with Gasteiger partial charge in [-0.05, 0) is 38.1 Å². The number of hydrogen-bond donors (Lipinski definition) is 0. The van der Waals surface area contributed by atoms with Gasteiger partial charge in [0.25, 0.3) is 0 Å². The summed E-state index contributed by atoms with van der Waals surface area (Å²) < 4.78 is 6.61. The van der Waals surface area contributed by atoms with E-state index in [1.54, 1.807) is 16.5 Å². The molecule has 6 nitrogen and oxygen atoms in total. The van der Waals surface area contributed by atoms with E-state index in [9.17, 15) is 4.79 Å². The molecule has 3 heterocycles. The van der Waals surface area contributed by atoms with Gasteiger partial charge in [-0.2, -0.15) is 0 Å². The van der Waals surface area contributed by atoms with Crippen molar-refractivity contribution < 1.29 is 9.53 Å². The Morgan fingerprint density at radius 1 is 1.30 bits per heavy atom. The molecule has 3 rings (SSSR count). The minimum absolute atomic E-state index is 0.363. The third-order valence-electron chi connectivity index (χ3n) is 3.74. The molecule has 0 atom stereocenters. The van der Waals surface area contributed by atoms with Crippen molar-refractivity contribution in [3.8, 4) is 0 Å². The van der Waals surface area contributed by atoms with Gasteiger partial charge < -0.3 is 9.64 Å². The maximum absolute atomic E-state index is 11.8. The minimum atomic E-state index is -0.363. The van der Waals surface area contributed by atoms with Crippen LogP contribution in [0.5, 0.6) is 0 Å². The summed E-state index contributed by atoms with van der Waals surface area (Å²) >= 11 is 0. The van der Waals surface area contributed by atoms with Gasteiger partial charge in [0.2, 0.25) is 0 Å². The number of likely N-dealkylation sites (tertiary alicyclic amines) is 1. The molecule has 2 aromatic rings. The minimum Gasteiger partial charge on any atom is -0.464 e. The van der Waals surface area contributed by atoms with Crippen LogP contribution in [0.1, 0.15) is 29.2 Å². The van der Waals surface area contributed by atoms with E-state index in [-0.39, 0.29) is 5.97 Å². The highest BCUT2D eigenvalue weighted by Gasteiger charge is 2.17. The molecule has 0 spiro atoms. The van der Waals surface area contributed by atoms with Gasteiger partial charge in [0.05, 0.1) is 7.11 Å². The first-order valence-electron chi connectivity index (χ1n) is 6.93. The fourth-order valence-corrected chi connectivity index (χ4v) is 2.69. The molecule has 1 aliphatic heterocycles. The van der Waals surface area contributed by atoms with Gasteiger partial charge in [-0.3, -0.25) is 4.40 Å². The van der Waals surface area contributed by atoms with E-state index in [0.29, 0.717) is 11.3 Å². The molecule has 0 saturated carbocycles. The SMILES string of the molecule is COC(=O)c1cccc2nnc(CCN3CCCC3)n12. The van der Waals surface area contributed by atoms with E-state index in [0.717, 1.165) is 31.9 Å². The monoisotopic (exact) mass is 274 g/mol. The van der Waals surface area contributed by atoms with Crippen molar-refractivity contribution in [1.82, 2.24) is 19.5 Å². The zero-order valence-electron chi connectivity index (χ0n) is 11.6. The summed E-state index contributed by atoms with van der Waals surface area (Å²) in [7, 11) is 1.38. The zero-order valence-corrected chi connectivity index (χ0v) is 11.6. The highest BCUT2D eigenvalue weighted by molar-refractivity contribution is 5.88. The van der Waals surface area contributed by atoms with Crippen molar-refractivity contribution in [3.05, 3.63) is 29.7 Å². The highest BCUT2D eigenvalue weighted by atomic mass is 16.5. The number of pyridine rings is 1. The topological polar surface area (TPSA) is 59.7 Å². The molecule has 0 N–H and O–H groups in total. The smallest absolute Gasteiger partial charge is 0.355 e. The van der Waals surface area contributed by atoms with Crippen molar-refractivity contribution >= 4 is 11.6 Å². The van der Waals surface area contributed by atoms with Crippen LogP contribution in [-0.4, -0.2) is 52.2 Å². The summed E-state index contributed by atoms with van der Waals surface area (Å²) in [4.78, 5) is 14.2. The molecule has 106 valence electrons. The van der Waals surface area contributed by atoms with Crippen molar-refractivity contribution in [3.63, 3.8) is 0 Å². The number of carbonyl (C=O) groups excluding carboxylic acids is 1. The van der Waals surface area contributed by atoms with Crippen molar-refractivity contribution in [2.24, 2.45) is 0 Å². The van der Waals surface area contributed by atoms with Gasteiger partial charge >= 0.3 is 5.97 Å². The molecule has 0 aliphatic carbocycles. The standard InChI is InChI=1S/C14H18N4O2/c1-20-14(19)11-5-4-6-12-15-16-13(18(11)12)7-10-17-8-2-3-9-17/h4-6H,2-3,7-10H2,1H3. The molecule has 1 saturated heterocycles. The second kappa shape index (κ2) is 5.58. The summed E-state index contributed by atoms with van der Waals surface area (Å²) in [6, 6.07) is 5.38. The van der Waals surface area contributed by atoms with Crippen LogP contribution < -0.4 is 0 Å². The number of rotatable bonds is 4. The molecule has 6 heteroatoms. The lowest BCUT2D eigenvalue weighted by Crippen LogP contribution is -2.23. The Balaban J connectivity index is 1.88. The Morgan fingerprint density at radius 2 is 2.10 bits per heavy atom. The Morgan fingerprint density at radius 3 is 2.85 bits per heavy atom. The van der Waals surface area contributed by atoms with Crippen molar-refractivity contribution in [1.29, 1.82) is 0 Å². The fourth-order valence-electron chi connectivity index (χ4n) is 2.69. The van der Waals surface area contributed by atoms with E-state index in [4.69, 9.17) is 4.74 Å². The summed E-state index contributed by atoms with van der Waals surface area (Å²) in [6.45, 7) is 3.26. The van der Waals surface area contributed by atoms with Gasteiger partial charge in [-0.1, -0.05) is 6.07 Å². The lowest BCUT2D eigenvalue weighted by molar-refractivity contribution is 0.0592. The summed E-state index contributed by atoms with van der Waals surface area (Å²) in [5.41, 5.74) is 1.16. The molecule has 2 aromatic heterocycles. The number of nitrogens with zero attached hydrogens (tertiary/aromatic N) is 4. The average molecular weight is 274 g/mol. The van der Waals surface area contributed by atoms with Crippen LogP contribution in [0.3, 0.4) is 0 Å². The molecule has 1 aliphatic rings. The largest absolute Gasteiger partial charge is 0.464 e. The van der Waals surface area contributed by atoms with E-state index < -0.39 is 0 Å². The predicted octanol–water partition coefficient (Wildman–Crippen LogP) is 1.15. The summed E-state index contributed by atoms with van der Waals surface area (Å²) in [5, 5.41) is 8.34. The van der Waals surface area contributed by atoms with Crippen LogP contribution in [0.2, 0.25) is 0 Å². The molecule has 0 bridgehead atoms. The van der Waals surface area contributed by atoms with E-state index >= 15 is 0 Å². The maximum Gasteiger partial charge on any atom is 0.355 e. The van der Waals surface area contributed by atoms with Crippen molar-refractivity contribution in [2.45, 2.75) is 19.3 Å². The Hall–Kier alpha value is -1.95. The van der Waals surface area contributed by atoms with Gasteiger partial charge in [0, 0.05) is 13.0 Å². The highest BCUT2D eigenvalue weighted by Crippen LogP contribution is 2.12. The molecular formula is C14H18N4O2. The molecule has 0 unspecified atom stereocenters. The molecule has 20 heavy (non-hydrogen) atoms. The first-order chi connectivity index (χ1) is 9.79. The Labute approximate surface area is 117 Å². The van der Waals surface area contributed by atoms with Gasteiger partial charge in [0.1, 0.15) is 11.5 Å². The summed E-state index contributed by atoms with van der Waals surface area (Å²) in [6.07, 6.45) is 3.33. The molecule has 0 aromatic carbocycles. The second-order valence-electron chi connectivity index (χ2n) is 5.01. The first kappa shape index (κ1) is 13.1. The predicted molar refractivity (Wildman–Crippen MR) is 73.7 cm³/mol. The van der Waals surface area contributed by atoms with Crippen molar-refractivity contribution in [2.75, 3.05) is 26.7 Å². The normalized spacial score (nSPS) is 15.8.